The molecule has 1 saturated heterocycles. The molecule has 1 aliphatic heterocycles. The fourth-order valence-corrected chi connectivity index (χ4v) is 3.25. The quantitative estimate of drug-likeness (QED) is 0.528. The zero-order valence-electron chi connectivity index (χ0n) is 15.5. The van der Waals surface area contributed by atoms with Crippen LogP contribution in [0.5, 0.6) is 0 Å². The van der Waals surface area contributed by atoms with Crippen LogP contribution in [0.1, 0.15) is 12.0 Å². The average molecular weight is 445 g/mol. The second kappa shape index (κ2) is 8.86. The van der Waals surface area contributed by atoms with E-state index in [0.717, 1.165) is 6.07 Å². The van der Waals surface area contributed by atoms with Gasteiger partial charge in [0.05, 0.1) is 22.2 Å². The molecule has 2 amide bonds. The monoisotopic (exact) mass is 444 g/mol. The van der Waals surface area contributed by atoms with Gasteiger partial charge in [-0.2, -0.15) is 13.2 Å². The van der Waals surface area contributed by atoms with Crippen molar-refractivity contribution in [1.82, 2.24) is 10.3 Å². The Morgan fingerprint density at radius 3 is 2.67 bits per heavy atom. The van der Waals surface area contributed by atoms with Crippen LogP contribution in [0.3, 0.4) is 0 Å². The number of carbonyl (C=O) groups excluding carboxylic acids is 2. The number of nitrogens with one attached hydrogen (secondary N) is 2. The summed E-state index contributed by atoms with van der Waals surface area (Å²) in [6.07, 6.45) is -3.92. The Morgan fingerprint density at radius 2 is 2.00 bits per heavy atom. The number of rotatable bonds is 6. The van der Waals surface area contributed by atoms with Crippen molar-refractivity contribution in [2.24, 2.45) is 5.92 Å². The highest BCUT2D eigenvalue weighted by molar-refractivity contribution is 6.32. The molecule has 2 N–H and O–H groups in total. The molecule has 1 fully saturated rings. The summed E-state index contributed by atoms with van der Waals surface area (Å²) in [5.41, 5.74) is -0.834. The maximum Gasteiger partial charge on any atom is 0.417 e. The molecule has 30 heavy (non-hydrogen) atoms. The van der Waals surface area contributed by atoms with Crippen molar-refractivity contribution in [3.8, 4) is 0 Å². The number of nitrogens with zero attached hydrogens (tertiary/aromatic N) is 2. The molecule has 0 spiro atoms. The summed E-state index contributed by atoms with van der Waals surface area (Å²) in [6, 6.07) is 6.58. The van der Waals surface area contributed by atoms with Crippen LogP contribution in [-0.2, 0) is 15.8 Å². The Labute approximate surface area is 174 Å². The number of alkyl halides is 3. The molecule has 1 aromatic carbocycles. The van der Waals surface area contributed by atoms with Crippen molar-refractivity contribution in [3.05, 3.63) is 52.9 Å². The standard InChI is InChI=1S/C19H17ClF4N4O2/c20-13-8-12(19(22,23)24)9-27-17(13)25-5-6-26-18(30)11-7-16(29)28(10-11)15-4-2-1-3-14(15)21/h1-4,8-9,11H,5-7,10H2,(H,25,27)(H,26,30). The molecule has 1 atom stereocenters. The summed E-state index contributed by atoms with van der Waals surface area (Å²) >= 11 is 5.80. The van der Waals surface area contributed by atoms with Crippen molar-refractivity contribution in [2.75, 3.05) is 29.9 Å². The highest BCUT2D eigenvalue weighted by atomic mass is 35.5. The van der Waals surface area contributed by atoms with Crippen molar-refractivity contribution in [2.45, 2.75) is 12.6 Å². The highest BCUT2D eigenvalue weighted by Gasteiger charge is 2.36. The van der Waals surface area contributed by atoms with Gasteiger partial charge in [-0.3, -0.25) is 9.59 Å². The molecule has 0 aliphatic carbocycles. The van der Waals surface area contributed by atoms with Gasteiger partial charge in [0.2, 0.25) is 11.8 Å². The molecule has 6 nitrogen and oxygen atoms in total. The molecular formula is C19H17ClF4N4O2. The Hall–Kier alpha value is -2.88. The molecule has 0 saturated carbocycles. The second-order valence-corrected chi connectivity index (χ2v) is 7.03. The lowest BCUT2D eigenvalue weighted by molar-refractivity contribution is -0.137. The van der Waals surface area contributed by atoms with Crippen molar-refractivity contribution in [1.29, 1.82) is 0 Å². The summed E-state index contributed by atoms with van der Waals surface area (Å²) in [5.74, 6) is -1.85. The van der Waals surface area contributed by atoms with Crippen LogP contribution >= 0.6 is 11.6 Å². The van der Waals surface area contributed by atoms with Crippen LogP contribution in [0.4, 0.5) is 29.1 Å². The lowest BCUT2D eigenvalue weighted by atomic mass is 10.1. The predicted octanol–water partition coefficient (Wildman–Crippen LogP) is 3.47. The lowest BCUT2D eigenvalue weighted by Crippen LogP contribution is -2.35. The summed E-state index contributed by atoms with van der Waals surface area (Å²) in [4.78, 5) is 29.3. The first-order valence-electron chi connectivity index (χ1n) is 8.96. The number of halogens is 5. The number of benzene rings is 1. The highest BCUT2D eigenvalue weighted by Crippen LogP contribution is 2.32. The fraction of sp³-hybridized carbons (Fsp3) is 0.316. The van der Waals surface area contributed by atoms with Gasteiger partial charge in [0.25, 0.3) is 0 Å². The molecule has 0 radical (unpaired) electrons. The topological polar surface area (TPSA) is 74.3 Å². The largest absolute Gasteiger partial charge is 0.417 e. The van der Waals surface area contributed by atoms with E-state index in [1.807, 2.05) is 0 Å². The smallest absolute Gasteiger partial charge is 0.367 e. The lowest BCUT2D eigenvalue weighted by Gasteiger charge is -2.17. The molecule has 1 aromatic heterocycles. The molecule has 1 aliphatic rings. The zero-order chi connectivity index (χ0) is 21.9. The minimum absolute atomic E-state index is 0.0418. The molecule has 1 unspecified atom stereocenters. The third-order valence-electron chi connectivity index (χ3n) is 4.52. The van der Waals surface area contributed by atoms with E-state index in [4.69, 9.17) is 11.6 Å². The summed E-state index contributed by atoms with van der Waals surface area (Å²) in [6.45, 7) is 0.342. The normalized spacial score (nSPS) is 16.6. The van der Waals surface area contributed by atoms with E-state index in [-0.39, 0.29) is 54.4 Å². The van der Waals surface area contributed by atoms with E-state index in [9.17, 15) is 27.2 Å². The molecule has 160 valence electrons. The first-order valence-corrected chi connectivity index (χ1v) is 9.34. The van der Waals surface area contributed by atoms with E-state index in [0.29, 0.717) is 6.20 Å². The van der Waals surface area contributed by atoms with Gasteiger partial charge in [-0.15, -0.1) is 0 Å². The van der Waals surface area contributed by atoms with Crippen LogP contribution in [0.2, 0.25) is 5.02 Å². The third-order valence-corrected chi connectivity index (χ3v) is 4.81. The minimum atomic E-state index is -4.54. The number of carbonyl (C=O) groups is 2. The maximum atomic E-state index is 13.9. The number of para-hydroxylation sites is 1. The van der Waals surface area contributed by atoms with Gasteiger partial charge >= 0.3 is 6.18 Å². The van der Waals surface area contributed by atoms with Gasteiger partial charge < -0.3 is 15.5 Å². The van der Waals surface area contributed by atoms with E-state index in [1.54, 1.807) is 6.07 Å². The van der Waals surface area contributed by atoms with Crippen molar-refractivity contribution in [3.63, 3.8) is 0 Å². The Bertz CT molecular complexity index is 954. The molecular weight excluding hydrogens is 428 g/mol. The van der Waals surface area contributed by atoms with Crippen molar-refractivity contribution < 1.29 is 27.2 Å². The molecule has 11 heteroatoms. The maximum absolute atomic E-state index is 13.9. The number of anilines is 2. The zero-order valence-corrected chi connectivity index (χ0v) is 16.2. The minimum Gasteiger partial charge on any atom is -0.367 e. The number of aromatic nitrogens is 1. The number of hydrogen-bond acceptors (Lipinski definition) is 4. The van der Waals surface area contributed by atoms with E-state index in [1.165, 1.54) is 23.1 Å². The third kappa shape index (κ3) is 4.99. The summed E-state index contributed by atoms with van der Waals surface area (Å²) in [5, 5.41) is 5.17. The van der Waals surface area contributed by atoms with E-state index >= 15 is 0 Å². The Kier molecular flexibility index (Phi) is 6.45. The van der Waals surface area contributed by atoms with Crippen molar-refractivity contribution >= 4 is 34.9 Å². The van der Waals surface area contributed by atoms with E-state index < -0.39 is 23.5 Å². The molecule has 0 bridgehead atoms. The van der Waals surface area contributed by atoms with Gasteiger partial charge in [0, 0.05) is 32.3 Å². The SMILES string of the molecule is O=C(NCCNc1ncc(C(F)(F)F)cc1Cl)C1CC(=O)N(c2ccccc2F)C1. The average Bonchev–Trinajstić information content (AvgIpc) is 3.07. The number of pyridine rings is 1. The van der Waals surface area contributed by atoms with Gasteiger partial charge in [-0.1, -0.05) is 23.7 Å². The molecule has 2 aromatic rings. The van der Waals surface area contributed by atoms with Crippen LogP contribution in [0.15, 0.2) is 36.5 Å². The second-order valence-electron chi connectivity index (χ2n) is 6.63. The predicted molar refractivity (Wildman–Crippen MR) is 103 cm³/mol. The summed E-state index contributed by atoms with van der Waals surface area (Å²) < 4.78 is 51.7. The van der Waals surface area contributed by atoms with Gasteiger partial charge in [0.1, 0.15) is 11.6 Å². The molecule has 2 heterocycles. The van der Waals surface area contributed by atoms with Gasteiger partial charge in [-0.05, 0) is 18.2 Å². The number of hydrogen-bond donors (Lipinski definition) is 2. The Morgan fingerprint density at radius 1 is 1.27 bits per heavy atom. The van der Waals surface area contributed by atoms with Gasteiger partial charge in [0.15, 0.2) is 0 Å². The van der Waals surface area contributed by atoms with E-state index in [2.05, 4.69) is 15.6 Å². The van der Waals surface area contributed by atoms with Crippen LogP contribution in [-0.4, -0.2) is 36.4 Å². The summed E-state index contributed by atoms with van der Waals surface area (Å²) in [7, 11) is 0. The van der Waals surface area contributed by atoms with Gasteiger partial charge in [-0.25, -0.2) is 9.37 Å². The number of amides is 2. The first kappa shape index (κ1) is 21.8. The van der Waals surface area contributed by atoms with Crippen LogP contribution in [0, 0.1) is 11.7 Å². The fourth-order valence-electron chi connectivity index (χ4n) is 3.02. The Balaban J connectivity index is 1.49. The van der Waals surface area contributed by atoms with Crippen LogP contribution in [0.25, 0.3) is 0 Å². The van der Waals surface area contributed by atoms with Crippen LogP contribution < -0.4 is 15.5 Å². The molecule has 3 rings (SSSR count). The first-order chi connectivity index (χ1) is 14.2.